The summed E-state index contributed by atoms with van der Waals surface area (Å²) in [6, 6.07) is 1.54. The second-order valence-corrected chi connectivity index (χ2v) is 9.16. The number of hydrogen-bond donors (Lipinski definition) is 2. The molecule has 2 rings (SSSR count). The number of piperazine rings is 2. The van der Waals surface area contributed by atoms with Crippen LogP contribution in [0.3, 0.4) is 0 Å². The van der Waals surface area contributed by atoms with E-state index in [1.807, 2.05) is 0 Å². The lowest BCUT2D eigenvalue weighted by Gasteiger charge is -2.36. The molecular formula is C24H50N5. The Kier molecular flexibility index (Phi) is 14.2. The molecule has 0 amide bonds. The lowest BCUT2D eigenvalue weighted by atomic mass is 10.1. The van der Waals surface area contributed by atoms with Crippen LogP contribution in [0.4, 0.5) is 0 Å². The Morgan fingerprint density at radius 1 is 0.690 bits per heavy atom. The highest BCUT2D eigenvalue weighted by molar-refractivity contribution is 4.80. The van der Waals surface area contributed by atoms with Gasteiger partial charge in [-0.1, -0.05) is 39.5 Å². The van der Waals surface area contributed by atoms with E-state index in [0.717, 1.165) is 25.2 Å². The number of nitrogens with zero attached hydrogens (tertiary/aromatic N) is 3. The minimum Gasteiger partial charge on any atom is -0.314 e. The Bertz CT molecular complexity index is 344. The van der Waals surface area contributed by atoms with Gasteiger partial charge in [0.1, 0.15) is 0 Å². The molecule has 0 aliphatic carbocycles. The van der Waals surface area contributed by atoms with Crippen LogP contribution in [0.5, 0.6) is 0 Å². The molecule has 29 heavy (non-hydrogen) atoms. The van der Waals surface area contributed by atoms with Gasteiger partial charge in [-0.2, -0.15) is 0 Å². The number of rotatable bonds is 16. The quantitative estimate of drug-likeness (QED) is 0.385. The van der Waals surface area contributed by atoms with Crippen molar-refractivity contribution < 1.29 is 0 Å². The molecule has 171 valence electrons. The van der Waals surface area contributed by atoms with Crippen molar-refractivity contribution >= 4 is 0 Å². The summed E-state index contributed by atoms with van der Waals surface area (Å²) >= 11 is 0. The van der Waals surface area contributed by atoms with Crippen LogP contribution in [0.25, 0.3) is 0 Å². The van der Waals surface area contributed by atoms with Crippen LogP contribution in [-0.2, 0) is 0 Å². The molecule has 2 aliphatic rings. The zero-order chi connectivity index (χ0) is 20.6. The highest BCUT2D eigenvalue weighted by atomic mass is 15.2. The Labute approximate surface area is 181 Å². The van der Waals surface area contributed by atoms with Gasteiger partial charge in [0.2, 0.25) is 0 Å². The van der Waals surface area contributed by atoms with E-state index in [-0.39, 0.29) is 0 Å². The first kappa shape index (κ1) is 25.1. The normalized spacial score (nSPS) is 24.2. The second-order valence-electron chi connectivity index (χ2n) is 9.16. The first-order valence-electron chi connectivity index (χ1n) is 12.9. The fraction of sp³-hybridized carbons (Fsp3) is 1.00. The summed E-state index contributed by atoms with van der Waals surface area (Å²) < 4.78 is 0. The molecule has 5 heteroatoms. The topological polar surface area (TPSA) is 44.6 Å². The predicted molar refractivity (Wildman–Crippen MR) is 126 cm³/mol. The average Bonchev–Trinajstić information content (AvgIpc) is 2.76. The van der Waals surface area contributed by atoms with Crippen LogP contribution >= 0.6 is 0 Å². The van der Waals surface area contributed by atoms with Crippen molar-refractivity contribution in [1.29, 1.82) is 0 Å². The second kappa shape index (κ2) is 16.5. The maximum absolute atomic E-state index is 4.81. The third-order valence-corrected chi connectivity index (χ3v) is 6.75. The molecule has 0 aromatic rings. The molecule has 0 spiro atoms. The van der Waals surface area contributed by atoms with Gasteiger partial charge in [-0.25, -0.2) is 5.32 Å². The van der Waals surface area contributed by atoms with Gasteiger partial charge in [0.05, 0.1) is 0 Å². The summed E-state index contributed by atoms with van der Waals surface area (Å²) in [7, 11) is 0. The Morgan fingerprint density at radius 2 is 1.17 bits per heavy atom. The SMILES string of the molecule is CCCCC1CNCCN1CCCC[N]CCCCN1CCNCC1CCCC. The van der Waals surface area contributed by atoms with Crippen LogP contribution in [0.15, 0.2) is 0 Å². The molecule has 2 N–H and O–H groups in total. The van der Waals surface area contributed by atoms with E-state index in [9.17, 15) is 0 Å². The Balaban J connectivity index is 1.44. The van der Waals surface area contributed by atoms with Crippen LogP contribution in [0.1, 0.15) is 78.1 Å². The van der Waals surface area contributed by atoms with Gasteiger partial charge in [-0.15, -0.1) is 0 Å². The largest absolute Gasteiger partial charge is 0.314 e. The molecule has 5 nitrogen and oxygen atoms in total. The fourth-order valence-electron chi connectivity index (χ4n) is 4.83. The molecule has 0 aromatic heterocycles. The van der Waals surface area contributed by atoms with Crippen molar-refractivity contribution in [3.63, 3.8) is 0 Å². The van der Waals surface area contributed by atoms with Gasteiger partial charge in [0.15, 0.2) is 0 Å². The van der Waals surface area contributed by atoms with E-state index in [1.165, 1.54) is 117 Å². The molecular weight excluding hydrogens is 358 g/mol. The molecule has 2 saturated heterocycles. The van der Waals surface area contributed by atoms with Crippen LogP contribution in [0.2, 0.25) is 0 Å². The van der Waals surface area contributed by atoms with E-state index >= 15 is 0 Å². The Morgan fingerprint density at radius 3 is 1.62 bits per heavy atom. The highest BCUT2D eigenvalue weighted by Gasteiger charge is 2.21. The summed E-state index contributed by atoms with van der Waals surface area (Å²) in [5.41, 5.74) is 0. The minimum atomic E-state index is 0.770. The molecule has 1 radical (unpaired) electrons. The summed E-state index contributed by atoms with van der Waals surface area (Å²) in [6.45, 7) is 16.5. The van der Waals surface area contributed by atoms with E-state index in [4.69, 9.17) is 5.32 Å². The zero-order valence-electron chi connectivity index (χ0n) is 19.6. The monoisotopic (exact) mass is 408 g/mol. The van der Waals surface area contributed by atoms with Gasteiger partial charge < -0.3 is 10.6 Å². The maximum Gasteiger partial charge on any atom is 0.0221 e. The van der Waals surface area contributed by atoms with E-state index in [2.05, 4.69) is 34.3 Å². The van der Waals surface area contributed by atoms with Crippen LogP contribution < -0.4 is 16.0 Å². The summed E-state index contributed by atoms with van der Waals surface area (Å²) in [5, 5.41) is 12.0. The number of unbranched alkanes of at least 4 members (excludes halogenated alkanes) is 4. The third-order valence-electron chi connectivity index (χ3n) is 6.75. The van der Waals surface area contributed by atoms with Gasteiger partial charge >= 0.3 is 0 Å². The zero-order valence-corrected chi connectivity index (χ0v) is 19.6. The maximum atomic E-state index is 4.81. The lowest BCUT2D eigenvalue weighted by molar-refractivity contribution is 0.147. The summed E-state index contributed by atoms with van der Waals surface area (Å²) in [5.74, 6) is 0. The first-order chi connectivity index (χ1) is 14.3. The predicted octanol–water partition coefficient (Wildman–Crippen LogP) is 3.08. The van der Waals surface area contributed by atoms with Crippen LogP contribution in [0, 0.1) is 0 Å². The first-order valence-corrected chi connectivity index (χ1v) is 12.9. The van der Waals surface area contributed by atoms with E-state index in [1.54, 1.807) is 0 Å². The molecule has 2 unspecified atom stereocenters. The number of hydrogen-bond acceptors (Lipinski definition) is 4. The Hall–Kier alpha value is -0.200. The van der Waals surface area contributed by atoms with Crippen molar-refractivity contribution in [2.45, 2.75) is 90.1 Å². The smallest absolute Gasteiger partial charge is 0.0221 e. The lowest BCUT2D eigenvalue weighted by Crippen LogP contribution is -2.51. The van der Waals surface area contributed by atoms with Crippen molar-refractivity contribution in [3.05, 3.63) is 0 Å². The summed E-state index contributed by atoms with van der Waals surface area (Å²) in [4.78, 5) is 5.46. The van der Waals surface area contributed by atoms with Gasteiger partial charge in [-0.05, 0) is 51.6 Å². The van der Waals surface area contributed by atoms with Crippen molar-refractivity contribution in [3.8, 4) is 0 Å². The highest BCUT2D eigenvalue weighted by Crippen LogP contribution is 2.13. The summed E-state index contributed by atoms with van der Waals surface area (Å²) in [6.07, 6.45) is 13.2. The molecule has 0 saturated carbocycles. The fourth-order valence-corrected chi connectivity index (χ4v) is 4.83. The van der Waals surface area contributed by atoms with Gasteiger partial charge in [0, 0.05) is 64.4 Å². The molecule has 2 heterocycles. The minimum absolute atomic E-state index is 0.770. The molecule has 0 aromatic carbocycles. The van der Waals surface area contributed by atoms with Crippen molar-refractivity contribution in [2.24, 2.45) is 0 Å². The van der Waals surface area contributed by atoms with Gasteiger partial charge in [-0.3, -0.25) is 9.80 Å². The van der Waals surface area contributed by atoms with Crippen molar-refractivity contribution in [2.75, 3.05) is 65.4 Å². The molecule has 0 bridgehead atoms. The standard InChI is InChI=1S/C24H50N5/c1-3-5-11-23-21-26-15-19-28(23)17-9-7-13-25-14-8-10-18-29-20-16-27-22-24(29)12-6-4-2/h23-24,26-27H,3-22H2,1-2H3. The van der Waals surface area contributed by atoms with E-state index in [0.29, 0.717) is 0 Å². The number of nitrogens with one attached hydrogen (secondary N) is 2. The molecule has 2 aliphatic heterocycles. The van der Waals surface area contributed by atoms with Crippen molar-refractivity contribution in [1.82, 2.24) is 25.8 Å². The third kappa shape index (κ3) is 10.6. The van der Waals surface area contributed by atoms with E-state index < -0.39 is 0 Å². The average molecular weight is 409 g/mol. The van der Waals surface area contributed by atoms with Gasteiger partial charge in [0.25, 0.3) is 0 Å². The molecule has 2 fully saturated rings. The molecule has 2 atom stereocenters. The van der Waals surface area contributed by atoms with Crippen LogP contribution in [-0.4, -0.2) is 87.3 Å².